The summed E-state index contributed by atoms with van der Waals surface area (Å²) >= 11 is 0. The maximum Gasteiger partial charge on any atom is 0.265 e. The van der Waals surface area contributed by atoms with Gasteiger partial charge in [-0.3, -0.25) is 14.6 Å². The topological polar surface area (TPSA) is 86.3 Å². The summed E-state index contributed by atoms with van der Waals surface area (Å²) in [5, 5.41) is 6.53. The van der Waals surface area contributed by atoms with Gasteiger partial charge in [-0.15, -0.1) is 0 Å². The zero-order chi connectivity index (χ0) is 22.2. The lowest BCUT2D eigenvalue weighted by Gasteiger charge is -2.29. The second kappa shape index (κ2) is 10.5. The Morgan fingerprint density at radius 2 is 1.87 bits per heavy atom. The molecule has 2 aromatic carbocycles. The fraction of sp³-hybridized carbons (Fsp3) is 0.348. The number of amides is 2. The SMILES string of the molecule is CN=C(NCCCN1C(=O)COc2ccccc21)NCc1ccc(C(=O)N(C)C)cc1. The van der Waals surface area contributed by atoms with Crippen LogP contribution in [0.4, 0.5) is 5.69 Å². The number of rotatable bonds is 7. The fourth-order valence-corrected chi connectivity index (χ4v) is 3.27. The molecule has 0 aromatic heterocycles. The van der Waals surface area contributed by atoms with E-state index < -0.39 is 0 Å². The zero-order valence-corrected chi connectivity index (χ0v) is 18.2. The summed E-state index contributed by atoms with van der Waals surface area (Å²) in [7, 11) is 5.19. The van der Waals surface area contributed by atoms with Gasteiger partial charge >= 0.3 is 0 Å². The number of hydrogen-bond acceptors (Lipinski definition) is 4. The highest BCUT2D eigenvalue weighted by Gasteiger charge is 2.24. The van der Waals surface area contributed by atoms with Crippen molar-refractivity contribution in [1.82, 2.24) is 15.5 Å². The van der Waals surface area contributed by atoms with Crippen molar-refractivity contribution in [1.29, 1.82) is 0 Å². The van der Waals surface area contributed by atoms with Gasteiger partial charge in [0.25, 0.3) is 11.8 Å². The molecule has 2 aromatic rings. The number of benzene rings is 2. The van der Waals surface area contributed by atoms with Crippen LogP contribution in [0.15, 0.2) is 53.5 Å². The number of nitrogens with zero attached hydrogens (tertiary/aromatic N) is 3. The summed E-state index contributed by atoms with van der Waals surface area (Å²) < 4.78 is 5.48. The molecule has 0 spiro atoms. The minimum Gasteiger partial charge on any atom is -0.482 e. The first kappa shape index (κ1) is 22.1. The molecule has 0 saturated carbocycles. The number of para-hydroxylation sites is 2. The van der Waals surface area contributed by atoms with Gasteiger partial charge in [-0.1, -0.05) is 24.3 Å². The molecule has 8 nitrogen and oxygen atoms in total. The summed E-state index contributed by atoms with van der Waals surface area (Å²) in [6, 6.07) is 15.1. The molecule has 0 saturated heterocycles. The number of anilines is 1. The third-order valence-electron chi connectivity index (χ3n) is 4.95. The first-order chi connectivity index (χ1) is 15.0. The van der Waals surface area contributed by atoms with E-state index in [0.717, 1.165) is 23.4 Å². The molecule has 2 amide bonds. The van der Waals surface area contributed by atoms with Crippen molar-refractivity contribution >= 4 is 23.5 Å². The maximum atomic E-state index is 12.2. The van der Waals surface area contributed by atoms with E-state index in [1.54, 1.807) is 30.9 Å². The maximum absolute atomic E-state index is 12.2. The third-order valence-corrected chi connectivity index (χ3v) is 4.95. The number of fused-ring (bicyclic) bond motifs is 1. The van der Waals surface area contributed by atoms with E-state index in [-0.39, 0.29) is 18.4 Å². The van der Waals surface area contributed by atoms with E-state index in [4.69, 9.17) is 4.74 Å². The largest absolute Gasteiger partial charge is 0.482 e. The van der Waals surface area contributed by atoms with Crippen LogP contribution in [0, 0.1) is 0 Å². The lowest BCUT2D eigenvalue weighted by Crippen LogP contribution is -2.42. The minimum absolute atomic E-state index is 0.0154. The van der Waals surface area contributed by atoms with Gasteiger partial charge in [0.05, 0.1) is 5.69 Å². The van der Waals surface area contributed by atoms with E-state index in [0.29, 0.717) is 31.2 Å². The summed E-state index contributed by atoms with van der Waals surface area (Å²) in [4.78, 5) is 31.8. The van der Waals surface area contributed by atoms with E-state index in [9.17, 15) is 9.59 Å². The molecular weight excluding hydrogens is 394 g/mol. The van der Waals surface area contributed by atoms with Crippen LogP contribution in [-0.2, 0) is 11.3 Å². The highest BCUT2D eigenvalue weighted by molar-refractivity contribution is 5.97. The molecule has 1 aliphatic heterocycles. The molecule has 0 aliphatic carbocycles. The number of guanidine groups is 1. The van der Waals surface area contributed by atoms with Gasteiger partial charge in [-0.05, 0) is 36.2 Å². The highest BCUT2D eigenvalue weighted by Crippen LogP contribution is 2.31. The van der Waals surface area contributed by atoms with Crippen molar-refractivity contribution in [3.8, 4) is 5.75 Å². The lowest BCUT2D eigenvalue weighted by atomic mass is 10.1. The second-order valence-corrected chi connectivity index (χ2v) is 7.40. The average molecular weight is 424 g/mol. The van der Waals surface area contributed by atoms with E-state index in [1.165, 1.54) is 0 Å². The minimum atomic E-state index is -0.0302. The molecule has 31 heavy (non-hydrogen) atoms. The van der Waals surface area contributed by atoms with Gasteiger partial charge in [0.2, 0.25) is 0 Å². The van der Waals surface area contributed by atoms with Crippen LogP contribution in [0.25, 0.3) is 0 Å². The summed E-state index contributed by atoms with van der Waals surface area (Å²) in [5.74, 6) is 1.38. The van der Waals surface area contributed by atoms with Gasteiger partial charge in [-0.2, -0.15) is 0 Å². The predicted molar refractivity (Wildman–Crippen MR) is 122 cm³/mol. The lowest BCUT2D eigenvalue weighted by molar-refractivity contribution is -0.121. The standard InChI is InChI=1S/C23H29N5O3/c1-24-23(26-15-17-9-11-18(12-10-17)22(30)27(2)3)25-13-6-14-28-19-7-4-5-8-20(19)31-16-21(28)29/h4-5,7-12H,6,13-16H2,1-3H3,(H2,24,25,26). The van der Waals surface area contributed by atoms with Gasteiger partial charge in [-0.25, -0.2) is 0 Å². The normalized spacial score (nSPS) is 13.3. The van der Waals surface area contributed by atoms with Crippen molar-refractivity contribution in [3.63, 3.8) is 0 Å². The molecule has 0 fully saturated rings. The summed E-state index contributed by atoms with van der Waals surface area (Å²) in [6.07, 6.45) is 0.766. The Morgan fingerprint density at radius 1 is 1.13 bits per heavy atom. The van der Waals surface area contributed by atoms with Crippen LogP contribution in [0.5, 0.6) is 5.75 Å². The summed E-state index contributed by atoms with van der Waals surface area (Å²) in [6.45, 7) is 1.94. The Labute approximate surface area is 182 Å². The van der Waals surface area contributed by atoms with Crippen molar-refractivity contribution in [2.75, 3.05) is 45.7 Å². The highest BCUT2D eigenvalue weighted by atomic mass is 16.5. The van der Waals surface area contributed by atoms with Gasteiger partial charge in [0, 0.05) is 46.3 Å². The van der Waals surface area contributed by atoms with Gasteiger partial charge < -0.3 is 25.2 Å². The Kier molecular flexibility index (Phi) is 7.48. The number of carbonyl (C=O) groups is 2. The van der Waals surface area contributed by atoms with E-state index >= 15 is 0 Å². The molecule has 3 rings (SSSR count). The molecule has 0 unspecified atom stereocenters. The van der Waals surface area contributed by atoms with Crippen molar-refractivity contribution in [2.24, 2.45) is 4.99 Å². The van der Waals surface area contributed by atoms with E-state index in [2.05, 4.69) is 15.6 Å². The molecule has 0 bridgehead atoms. The smallest absolute Gasteiger partial charge is 0.265 e. The van der Waals surface area contributed by atoms with Crippen LogP contribution in [-0.4, -0.2) is 63.5 Å². The van der Waals surface area contributed by atoms with Crippen LogP contribution < -0.4 is 20.3 Å². The fourth-order valence-electron chi connectivity index (χ4n) is 3.27. The van der Waals surface area contributed by atoms with Gasteiger partial charge in [0.15, 0.2) is 12.6 Å². The Morgan fingerprint density at radius 3 is 2.58 bits per heavy atom. The molecule has 0 atom stereocenters. The third kappa shape index (κ3) is 5.75. The second-order valence-electron chi connectivity index (χ2n) is 7.40. The van der Waals surface area contributed by atoms with Crippen LogP contribution >= 0.6 is 0 Å². The first-order valence-electron chi connectivity index (χ1n) is 10.3. The Hall–Kier alpha value is -3.55. The monoisotopic (exact) mass is 423 g/mol. The quantitative estimate of drug-likeness (QED) is 0.403. The Balaban J connectivity index is 1.44. The van der Waals surface area contributed by atoms with Crippen LogP contribution in [0.2, 0.25) is 0 Å². The number of carbonyl (C=O) groups excluding carboxylic acids is 2. The number of nitrogens with one attached hydrogen (secondary N) is 2. The Bertz CT molecular complexity index is 940. The van der Waals surface area contributed by atoms with Crippen molar-refractivity contribution < 1.29 is 14.3 Å². The number of ether oxygens (including phenoxy) is 1. The molecule has 164 valence electrons. The van der Waals surface area contributed by atoms with Crippen molar-refractivity contribution in [3.05, 3.63) is 59.7 Å². The van der Waals surface area contributed by atoms with Crippen molar-refractivity contribution in [2.45, 2.75) is 13.0 Å². The molecule has 0 radical (unpaired) electrons. The molecule has 2 N–H and O–H groups in total. The van der Waals surface area contributed by atoms with Crippen LogP contribution in [0.1, 0.15) is 22.3 Å². The number of hydrogen-bond donors (Lipinski definition) is 2. The van der Waals surface area contributed by atoms with E-state index in [1.807, 2.05) is 48.5 Å². The first-order valence-corrected chi connectivity index (χ1v) is 10.3. The average Bonchev–Trinajstić information content (AvgIpc) is 2.79. The predicted octanol–water partition coefficient (Wildman–Crippen LogP) is 1.87. The zero-order valence-electron chi connectivity index (χ0n) is 18.2. The molecule has 1 aliphatic rings. The molecule has 1 heterocycles. The van der Waals surface area contributed by atoms with Crippen LogP contribution in [0.3, 0.4) is 0 Å². The van der Waals surface area contributed by atoms with Gasteiger partial charge in [0.1, 0.15) is 5.75 Å². The molecular formula is C23H29N5O3. The summed E-state index contributed by atoms with van der Waals surface area (Å²) in [5.41, 5.74) is 2.53. The molecule has 8 heteroatoms. The number of aliphatic imine (C=N–C) groups is 1.